The number of sulfone groups is 1. The SMILES string of the molecule is CS(=O)(=O)CCNS(=O)(=O)c1ccc(Br)cc1Cl. The number of halogens is 2. The quantitative estimate of drug-likeness (QED) is 0.843. The van der Waals surface area contributed by atoms with Crippen molar-refractivity contribution in [3.05, 3.63) is 27.7 Å². The molecule has 0 bridgehead atoms. The molecule has 9 heteroatoms. The first kappa shape index (κ1) is 15.9. The molecule has 0 aliphatic carbocycles. The van der Waals surface area contributed by atoms with Gasteiger partial charge in [-0.3, -0.25) is 0 Å². The molecule has 1 N–H and O–H groups in total. The van der Waals surface area contributed by atoms with Crippen LogP contribution in [0.1, 0.15) is 0 Å². The van der Waals surface area contributed by atoms with Crippen molar-refractivity contribution in [3.63, 3.8) is 0 Å². The Hall–Kier alpha value is -0.150. The minimum Gasteiger partial charge on any atom is -0.229 e. The lowest BCUT2D eigenvalue weighted by atomic mass is 10.4. The van der Waals surface area contributed by atoms with Crippen molar-refractivity contribution in [1.82, 2.24) is 4.72 Å². The fraction of sp³-hybridized carbons (Fsp3) is 0.333. The van der Waals surface area contributed by atoms with E-state index in [1.807, 2.05) is 0 Å². The molecule has 1 aromatic rings. The molecule has 0 unspecified atom stereocenters. The molecular weight excluding hydrogens is 366 g/mol. The zero-order chi connectivity index (χ0) is 14.0. The molecule has 102 valence electrons. The Morgan fingerprint density at radius 2 is 1.89 bits per heavy atom. The van der Waals surface area contributed by atoms with Crippen LogP contribution < -0.4 is 4.72 Å². The predicted octanol–water partition coefficient (Wildman–Crippen LogP) is 1.43. The van der Waals surface area contributed by atoms with E-state index in [1.54, 1.807) is 0 Å². The fourth-order valence-corrected chi connectivity index (χ4v) is 3.80. The summed E-state index contributed by atoms with van der Waals surface area (Å²) in [7, 11) is -7.01. The van der Waals surface area contributed by atoms with Crippen molar-refractivity contribution in [2.45, 2.75) is 4.90 Å². The zero-order valence-electron chi connectivity index (χ0n) is 9.35. The summed E-state index contributed by atoms with van der Waals surface area (Å²) in [5.41, 5.74) is 0. The number of nitrogens with one attached hydrogen (secondary N) is 1. The van der Waals surface area contributed by atoms with Crippen molar-refractivity contribution < 1.29 is 16.8 Å². The molecule has 0 radical (unpaired) electrons. The molecule has 0 spiro atoms. The molecule has 1 rings (SSSR count). The van der Waals surface area contributed by atoms with Crippen molar-refractivity contribution in [2.75, 3.05) is 18.6 Å². The molecule has 0 saturated heterocycles. The monoisotopic (exact) mass is 375 g/mol. The van der Waals surface area contributed by atoms with Crippen LogP contribution in [-0.4, -0.2) is 35.4 Å². The summed E-state index contributed by atoms with van der Waals surface area (Å²) in [6.07, 6.45) is 1.04. The number of hydrogen-bond acceptors (Lipinski definition) is 4. The second kappa shape index (κ2) is 5.87. The van der Waals surface area contributed by atoms with Gasteiger partial charge in [-0.25, -0.2) is 21.6 Å². The van der Waals surface area contributed by atoms with Gasteiger partial charge in [0, 0.05) is 17.3 Å². The molecule has 0 aliphatic heterocycles. The summed E-state index contributed by atoms with van der Waals surface area (Å²) in [6.45, 7) is -0.187. The number of sulfonamides is 1. The second-order valence-corrected chi connectivity index (χ2v) is 8.92. The molecule has 18 heavy (non-hydrogen) atoms. The fourth-order valence-electron chi connectivity index (χ4n) is 1.13. The van der Waals surface area contributed by atoms with Crippen LogP contribution >= 0.6 is 27.5 Å². The topological polar surface area (TPSA) is 80.3 Å². The Kier molecular flexibility index (Phi) is 5.19. The van der Waals surface area contributed by atoms with E-state index in [9.17, 15) is 16.8 Å². The van der Waals surface area contributed by atoms with Gasteiger partial charge in [0.05, 0.1) is 10.8 Å². The van der Waals surface area contributed by atoms with Crippen LogP contribution in [0.15, 0.2) is 27.6 Å². The molecule has 5 nitrogen and oxygen atoms in total. The maximum Gasteiger partial charge on any atom is 0.242 e. The minimum absolute atomic E-state index is 0.0660. The van der Waals surface area contributed by atoms with Crippen LogP contribution in [0.2, 0.25) is 5.02 Å². The van der Waals surface area contributed by atoms with E-state index >= 15 is 0 Å². The zero-order valence-corrected chi connectivity index (χ0v) is 13.3. The predicted molar refractivity (Wildman–Crippen MR) is 74.1 cm³/mol. The third-order valence-corrected chi connectivity index (χ3v) is 5.33. The van der Waals surface area contributed by atoms with Crippen molar-refractivity contribution in [1.29, 1.82) is 0 Å². The smallest absolute Gasteiger partial charge is 0.229 e. The lowest BCUT2D eigenvalue weighted by molar-refractivity contribution is 0.582. The van der Waals surface area contributed by atoms with Crippen molar-refractivity contribution >= 4 is 47.4 Å². The molecule has 0 fully saturated rings. The van der Waals surface area contributed by atoms with Crippen molar-refractivity contribution in [3.8, 4) is 0 Å². The van der Waals surface area contributed by atoms with E-state index in [4.69, 9.17) is 11.6 Å². The van der Waals surface area contributed by atoms with E-state index in [-0.39, 0.29) is 22.2 Å². The maximum absolute atomic E-state index is 11.8. The van der Waals surface area contributed by atoms with Crippen LogP contribution in [0.25, 0.3) is 0 Å². The Morgan fingerprint density at radius 3 is 2.39 bits per heavy atom. The Labute approximate surface area is 120 Å². The largest absolute Gasteiger partial charge is 0.242 e. The van der Waals surface area contributed by atoms with E-state index < -0.39 is 19.9 Å². The minimum atomic E-state index is -3.80. The first-order chi connectivity index (χ1) is 8.12. The first-order valence-corrected chi connectivity index (χ1v) is 9.46. The number of benzene rings is 1. The lowest BCUT2D eigenvalue weighted by Crippen LogP contribution is -2.29. The molecule has 1 aromatic carbocycles. The summed E-state index contributed by atoms with van der Waals surface area (Å²) < 4.78 is 48.3. The average molecular weight is 377 g/mol. The molecule has 0 aliphatic rings. The second-order valence-electron chi connectivity index (χ2n) is 3.60. The number of rotatable bonds is 5. The van der Waals surface area contributed by atoms with Gasteiger partial charge in [0.2, 0.25) is 10.0 Å². The van der Waals surface area contributed by atoms with Gasteiger partial charge < -0.3 is 0 Å². The molecule has 0 saturated carbocycles. The third kappa shape index (κ3) is 4.85. The van der Waals surface area contributed by atoms with Crippen LogP contribution in [0.5, 0.6) is 0 Å². The van der Waals surface area contributed by atoms with Gasteiger partial charge >= 0.3 is 0 Å². The van der Waals surface area contributed by atoms with E-state index in [0.29, 0.717) is 4.47 Å². The Balaban J connectivity index is 2.87. The highest BCUT2D eigenvalue weighted by molar-refractivity contribution is 9.10. The molecule has 0 aromatic heterocycles. The van der Waals surface area contributed by atoms with Gasteiger partial charge in [-0.05, 0) is 18.2 Å². The highest BCUT2D eigenvalue weighted by Gasteiger charge is 2.18. The summed E-state index contributed by atoms with van der Waals surface area (Å²) >= 11 is 8.98. The first-order valence-electron chi connectivity index (χ1n) is 4.74. The summed E-state index contributed by atoms with van der Waals surface area (Å²) in [4.78, 5) is -0.0825. The van der Waals surface area contributed by atoms with E-state index in [1.165, 1.54) is 18.2 Å². The van der Waals surface area contributed by atoms with E-state index in [2.05, 4.69) is 20.7 Å². The molecule has 0 amide bonds. The van der Waals surface area contributed by atoms with Gasteiger partial charge in [0.15, 0.2) is 0 Å². The normalized spacial score (nSPS) is 12.6. The Morgan fingerprint density at radius 1 is 1.28 bits per heavy atom. The van der Waals surface area contributed by atoms with Gasteiger partial charge in [-0.2, -0.15) is 0 Å². The lowest BCUT2D eigenvalue weighted by Gasteiger charge is -2.08. The third-order valence-electron chi connectivity index (χ3n) is 1.95. The maximum atomic E-state index is 11.8. The number of hydrogen-bond donors (Lipinski definition) is 1. The van der Waals surface area contributed by atoms with Crippen LogP contribution in [0.4, 0.5) is 0 Å². The standard InChI is InChI=1S/C9H11BrClNO4S2/c1-17(13,14)5-4-12-18(15,16)9-3-2-7(10)6-8(9)11/h2-3,6,12H,4-5H2,1H3. The van der Waals surface area contributed by atoms with E-state index in [0.717, 1.165) is 6.26 Å². The van der Waals surface area contributed by atoms with Crippen molar-refractivity contribution in [2.24, 2.45) is 0 Å². The molecule has 0 atom stereocenters. The van der Waals surface area contributed by atoms with Gasteiger partial charge in [0.25, 0.3) is 0 Å². The van der Waals surface area contributed by atoms with Crippen LogP contribution in [0.3, 0.4) is 0 Å². The van der Waals surface area contributed by atoms with Crippen LogP contribution in [0, 0.1) is 0 Å². The highest BCUT2D eigenvalue weighted by Crippen LogP contribution is 2.24. The average Bonchev–Trinajstić information content (AvgIpc) is 2.13. The van der Waals surface area contributed by atoms with Gasteiger partial charge in [-0.15, -0.1) is 0 Å². The van der Waals surface area contributed by atoms with Gasteiger partial charge in [0.1, 0.15) is 14.7 Å². The summed E-state index contributed by atoms with van der Waals surface area (Å²) in [6, 6.07) is 4.33. The highest BCUT2D eigenvalue weighted by atomic mass is 79.9. The Bertz CT molecular complexity index is 643. The van der Waals surface area contributed by atoms with Gasteiger partial charge in [-0.1, -0.05) is 27.5 Å². The van der Waals surface area contributed by atoms with Crippen LogP contribution in [-0.2, 0) is 19.9 Å². The molecule has 0 heterocycles. The summed E-state index contributed by atoms with van der Waals surface area (Å²) in [5, 5.41) is 0.0660. The summed E-state index contributed by atoms with van der Waals surface area (Å²) in [5.74, 6) is -0.264. The molecular formula is C9H11BrClNO4S2.